The van der Waals surface area contributed by atoms with Crippen molar-refractivity contribution >= 4 is 21.6 Å². The lowest BCUT2D eigenvalue weighted by Crippen LogP contribution is -2.08. The third-order valence-electron chi connectivity index (χ3n) is 2.23. The number of aromatic nitrogens is 2. The van der Waals surface area contributed by atoms with Gasteiger partial charge in [0.25, 0.3) is 0 Å². The monoisotopic (exact) mass is 301 g/mol. The normalized spacial score (nSPS) is 10.8. The highest BCUT2D eigenvalue weighted by atomic mass is 79.9. The van der Waals surface area contributed by atoms with E-state index < -0.39 is 6.55 Å². The molecule has 0 aliphatic rings. The van der Waals surface area contributed by atoms with Crippen molar-refractivity contribution < 1.29 is 8.78 Å². The standard InChI is InChI=1S/C11H10BrF2N3/c12-8-2-1-3-9(6-8)16-7-10-15-4-5-17(10)11(13)14/h1-6,11,16H,7H2. The van der Waals surface area contributed by atoms with Crippen molar-refractivity contribution in [2.45, 2.75) is 13.1 Å². The van der Waals surface area contributed by atoms with Crippen LogP contribution in [-0.4, -0.2) is 9.55 Å². The Kier molecular flexibility index (Phi) is 3.73. The van der Waals surface area contributed by atoms with E-state index in [0.717, 1.165) is 14.7 Å². The lowest BCUT2D eigenvalue weighted by Gasteiger charge is -2.08. The van der Waals surface area contributed by atoms with Gasteiger partial charge in [-0.1, -0.05) is 22.0 Å². The van der Waals surface area contributed by atoms with Crippen LogP contribution in [0.4, 0.5) is 14.5 Å². The summed E-state index contributed by atoms with van der Waals surface area (Å²) in [7, 11) is 0. The molecule has 0 aliphatic heterocycles. The van der Waals surface area contributed by atoms with Gasteiger partial charge in [0.05, 0.1) is 6.54 Å². The zero-order valence-electron chi connectivity index (χ0n) is 8.78. The SMILES string of the molecule is FC(F)n1ccnc1CNc1cccc(Br)c1. The zero-order valence-corrected chi connectivity index (χ0v) is 10.4. The van der Waals surface area contributed by atoms with E-state index in [-0.39, 0.29) is 6.54 Å². The Hall–Kier alpha value is -1.43. The molecule has 2 rings (SSSR count). The number of anilines is 1. The highest BCUT2D eigenvalue weighted by Gasteiger charge is 2.10. The average Bonchev–Trinajstić information content (AvgIpc) is 2.74. The summed E-state index contributed by atoms with van der Waals surface area (Å²) in [5.41, 5.74) is 0.850. The maximum absolute atomic E-state index is 12.5. The number of benzene rings is 1. The molecule has 90 valence electrons. The molecule has 6 heteroatoms. The first-order chi connectivity index (χ1) is 8.16. The van der Waals surface area contributed by atoms with Gasteiger partial charge in [-0.3, -0.25) is 4.57 Å². The molecular formula is C11H10BrF2N3. The molecule has 0 amide bonds. The van der Waals surface area contributed by atoms with Crippen LogP contribution in [-0.2, 0) is 6.54 Å². The number of hydrogen-bond donors (Lipinski definition) is 1. The minimum Gasteiger partial charge on any atom is -0.378 e. The predicted octanol–water partition coefficient (Wildman–Crippen LogP) is 3.65. The summed E-state index contributed by atoms with van der Waals surface area (Å²) < 4.78 is 26.8. The van der Waals surface area contributed by atoms with Crippen molar-refractivity contribution in [1.82, 2.24) is 9.55 Å². The molecule has 1 aromatic heterocycles. The minimum absolute atomic E-state index is 0.258. The second-order valence-corrected chi connectivity index (χ2v) is 4.31. The molecule has 0 radical (unpaired) electrons. The molecule has 0 saturated heterocycles. The first kappa shape index (κ1) is 12.0. The predicted molar refractivity (Wildman–Crippen MR) is 64.9 cm³/mol. The number of halogens is 3. The van der Waals surface area contributed by atoms with Gasteiger partial charge in [-0.05, 0) is 18.2 Å². The van der Waals surface area contributed by atoms with E-state index in [2.05, 4.69) is 26.2 Å². The Morgan fingerprint density at radius 1 is 1.41 bits per heavy atom. The van der Waals surface area contributed by atoms with Crippen LogP contribution in [0, 0.1) is 0 Å². The van der Waals surface area contributed by atoms with Crippen LogP contribution in [0.25, 0.3) is 0 Å². The van der Waals surface area contributed by atoms with Crippen LogP contribution in [0.1, 0.15) is 12.4 Å². The van der Waals surface area contributed by atoms with E-state index in [9.17, 15) is 8.78 Å². The first-order valence-corrected chi connectivity index (χ1v) is 5.75. The average molecular weight is 302 g/mol. The Morgan fingerprint density at radius 3 is 2.94 bits per heavy atom. The summed E-state index contributed by atoms with van der Waals surface area (Å²) >= 11 is 3.34. The number of hydrogen-bond acceptors (Lipinski definition) is 2. The van der Waals surface area contributed by atoms with Gasteiger partial charge in [0.2, 0.25) is 0 Å². The molecule has 1 N–H and O–H groups in total. The topological polar surface area (TPSA) is 29.9 Å². The van der Waals surface area contributed by atoms with Gasteiger partial charge < -0.3 is 5.32 Å². The summed E-state index contributed by atoms with van der Waals surface area (Å²) in [6, 6.07) is 7.49. The summed E-state index contributed by atoms with van der Waals surface area (Å²) in [6.45, 7) is -2.30. The van der Waals surface area contributed by atoms with E-state index in [1.807, 2.05) is 24.3 Å². The van der Waals surface area contributed by atoms with Crippen molar-refractivity contribution in [2.24, 2.45) is 0 Å². The van der Waals surface area contributed by atoms with Gasteiger partial charge in [-0.2, -0.15) is 8.78 Å². The zero-order chi connectivity index (χ0) is 12.3. The number of nitrogens with one attached hydrogen (secondary N) is 1. The van der Waals surface area contributed by atoms with E-state index in [1.54, 1.807) is 0 Å². The van der Waals surface area contributed by atoms with Gasteiger partial charge in [-0.15, -0.1) is 0 Å². The van der Waals surface area contributed by atoms with E-state index in [1.165, 1.54) is 12.4 Å². The van der Waals surface area contributed by atoms with E-state index in [4.69, 9.17) is 0 Å². The highest BCUT2D eigenvalue weighted by molar-refractivity contribution is 9.10. The fraction of sp³-hybridized carbons (Fsp3) is 0.182. The molecule has 0 unspecified atom stereocenters. The molecule has 2 aromatic rings. The van der Waals surface area contributed by atoms with Gasteiger partial charge in [0.1, 0.15) is 5.82 Å². The fourth-order valence-corrected chi connectivity index (χ4v) is 1.84. The Balaban J connectivity index is 2.05. The number of rotatable bonds is 4. The molecule has 1 aromatic carbocycles. The summed E-state index contributed by atoms with van der Waals surface area (Å²) in [4.78, 5) is 3.88. The molecule has 0 aliphatic carbocycles. The minimum atomic E-state index is -2.56. The van der Waals surface area contributed by atoms with Crippen molar-refractivity contribution in [1.29, 1.82) is 0 Å². The first-order valence-electron chi connectivity index (χ1n) is 4.96. The van der Waals surface area contributed by atoms with Gasteiger partial charge in [0.15, 0.2) is 0 Å². The Labute approximate surface area is 106 Å². The van der Waals surface area contributed by atoms with Crippen LogP contribution in [0.3, 0.4) is 0 Å². The summed E-state index contributed by atoms with van der Waals surface area (Å²) in [5, 5.41) is 3.04. The molecule has 0 spiro atoms. The maximum atomic E-state index is 12.5. The van der Waals surface area contributed by atoms with Crippen molar-refractivity contribution in [3.63, 3.8) is 0 Å². The van der Waals surface area contributed by atoms with Crippen LogP contribution in [0.5, 0.6) is 0 Å². The quantitative estimate of drug-likeness (QED) is 0.934. The van der Waals surface area contributed by atoms with E-state index >= 15 is 0 Å². The lowest BCUT2D eigenvalue weighted by atomic mass is 10.3. The van der Waals surface area contributed by atoms with Gasteiger partial charge in [0, 0.05) is 22.6 Å². The van der Waals surface area contributed by atoms with Gasteiger partial charge in [-0.25, -0.2) is 4.98 Å². The summed E-state index contributed by atoms with van der Waals surface area (Å²) in [5.74, 6) is 0.306. The molecule has 0 fully saturated rings. The second-order valence-electron chi connectivity index (χ2n) is 3.39. The van der Waals surface area contributed by atoms with E-state index in [0.29, 0.717) is 5.82 Å². The van der Waals surface area contributed by atoms with Crippen LogP contribution < -0.4 is 5.32 Å². The highest BCUT2D eigenvalue weighted by Crippen LogP contribution is 2.17. The molecule has 3 nitrogen and oxygen atoms in total. The Bertz CT molecular complexity index is 499. The summed E-state index contributed by atoms with van der Waals surface area (Å²) in [6.07, 6.45) is 2.63. The molecule has 0 saturated carbocycles. The second kappa shape index (κ2) is 5.27. The number of nitrogens with zero attached hydrogens (tertiary/aromatic N) is 2. The van der Waals surface area contributed by atoms with Crippen molar-refractivity contribution in [3.05, 3.63) is 47.0 Å². The maximum Gasteiger partial charge on any atom is 0.319 e. The Morgan fingerprint density at radius 2 is 2.24 bits per heavy atom. The fourth-order valence-electron chi connectivity index (χ4n) is 1.44. The van der Waals surface area contributed by atoms with Crippen LogP contribution in [0.2, 0.25) is 0 Å². The third kappa shape index (κ3) is 3.03. The largest absolute Gasteiger partial charge is 0.378 e. The number of alkyl halides is 2. The molecule has 17 heavy (non-hydrogen) atoms. The van der Waals surface area contributed by atoms with Crippen LogP contribution in [0.15, 0.2) is 41.1 Å². The molecule has 0 bridgehead atoms. The molecule has 0 atom stereocenters. The third-order valence-corrected chi connectivity index (χ3v) is 2.73. The van der Waals surface area contributed by atoms with Crippen molar-refractivity contribution in [3.8, 4) is 0 Å². The van der Waals surface area contributed by atoms with Crippen LogP contribution >= 0.6 is 15.9 Å². The van der Waals surface area contributed by atoms with Crippen molar-refractivity contribution in [2.75, 3.05) is 5.32 Å². The lowest BCUT2D eigenvalue weighted by molar-refractivity contribution is 0.0673. The molecular weight excluding hydrogens is 292 g/mol. The number of imidazole rings is 1. The van der Waals surface area contributed by atoms with Gasteiger partial charge >= 0.3 is 6.55 Å². The molecule has 1 heterocycles. The smallest absolute Gasteiger partial charge is 0.319 e.